The number of aromatic nitrogens is 3. The second-order valence-corrected chi connectivity index (χ2v) is 9.08. The minimum absolute atomic E-state index is 0.0570. The molecule has 2 amide bonds. The maximum atomic E-state index is 13.9. The smallest absolute Gasteiger partial charge is 0.254 e. The van der Waals surface area contributed by atoms with Gasteiger partial charge in [-0.3, -0.25) is 9.59 Å². The molecule has 0 aliphatic heterocycles. The highest BCUT2D eigenvalue weighted by Gasteiger charge is 2.21. The highest BCUT2D eigenvalue weighted by molar-refractivity contribution is 9.10. The van der Waals surface area contributed by atoms with Crippen LogP contribution in [0, 0.1) is 5.82 Å². The number of hydrogen-bond donors (Lipinski definition) is 2. The average molecular weight is 553 g/mol. The van der Waals surface area contributed by atoms with Crippen molar-refractivity contribution in [1.29, 1.82) is 0 Å². The summed E-state index contributed by atoms with van der Waals surface area (Å²) in [6.45, 7) is 5.84. The standard InChI is InChI=1S/C22H20BrClFN5O2S/c1-3-10-30-20(13(2)26-21(32)15-6-4-5-7-18(15)25)28-29-22(30)33-12-19(31)27-14-8-9-16(23)17(24)11-14/h3-9,11,13H,1,10,12H2,2H3,(H,26,32)(H,27,31)/t13-/m1/s1. The number of thioether (sulfide) groups is 1. The molecule has 2 aromatic carbocycles. The maximum Gasteiger partial charge on any atom is 0.254 e. The Labute approximate surface area is 207 Å². The summed E-state index contributed by atoms with van der Waals surface area (Å²) in [5.41, 5.74) is 0.518. The van der Waals surface area contributed by atoms with Crippen molar-refractivity contribution >= 4 is 56.8 Å². The minimum atomic E-state index is -0.607. The van der Waals surface area contributed by atoms with Crippen LogP contribution in [0.2, 0.25) is 5.02 Å². The van der Waals surface area contributed by atoms with Crippen LogP contribution in [0.5, 0.6) is 0 Å². The van der Waals surface area contributed by atoms with Gasteiger partial charge >= 0.3 is 0 Å². The molecule has 0 bridgehead atoms. The van der Waals surface area contributed by atoms with Crippen LogP contribution in [-0.4, -0.2) is 32.3 Å². The van der Waals surface area contributed by atoms with E-state index in [-0.39, 0.29) is 17.2 Å². The van der Waals surface area contributed by atoms with Gasteiger partial charge in [0.15, 0.2) is 11.0 Å². The van der Waals surface area contributed by atoms with Crippen LogP contribution in [0.3, 0.4) is 0 Å². The molecule has 7 nitrogen and oxygen atoms in total. The number of amides is 2. The van der Waals surface area contributed by atoms with Crippen LogP contribution in [-0.2, 0) is 11.3 Å². The minimum Gasteiger partial charge on any atom is -0.342 e. The first-order valence-electron chi connectivity index (χ1n) is 9.77. The van der Waals surface area contributed by atoms with Crippen LogP contribution in [0.25, 0.3) is 0 Å². The van der Waals surface area contributed by atoms with Gasteiger partial charge in [0.1, 0.15) is 5.82 Å². The van der Waals surface area contributed by atoms with Gasteiger partial charge in [-0.05, 0) is 53.2 Å². The SMILES string of the molecule is C=CCn1c(SCC(=O)Nc2ccc(Br)c(Cl)c2)nnc1[C@@H](C)NC(=O)c1ccccc1F. The summed E-state index contributed by atoms with van der Waals surface area (Å²) >= 11 is 10.6. The van der Waals surface area contributed by atoms with Crippen molar-refractivity contribution in [2.24, 2.45) is 0 Å². The molecule has 1 heterocycles. The van der Waals surface area contributed by atoms with Crippen LogP contribution in [0.1, 0.15) is 29.1 Å². The van der Waals surface area contributed by atoms with Crippen molar-refractivity contribution in [3.8, 4) is 0 Å². The van der Waals surface area contributed by atoms with Crippen molar-refractivity contribution in [3.63, 3.8) is 0 Å². The van der Waals surface area contributed by atoms with E-state index < -0.39 is 17.8 Å². The molecule has 3 aromatic rings. The lowest BCUT2D eigenvalue weighted by Crippen LogP contribution is -2.29. The van der Waals surface area contributed by atoms with Gasteiger partial charge in [-0.2, -0.15) is 0 Å². The lowest BCUT2D eigenvalue weighted by molar-refractivity contribution is -0.113. The third-order valence-electron chi connectivity index (χ3n) is 4.45. The Hall–Kier alpha value is -2.69. The lowest BCUT2D eigenvalue weighted by Gasteiger charge is -2.15. The van der Waals surface area contributed by atoms with E-state index in [1.165, 1.54) is 30.0 Å². The number of carbonyl (C=O) groups is 2. The fourth-order valence-electron chi connectivity index (χ4n) is 2.91. The monoisotopic (exact) mass is 551 g/mol. The lowest BCUT2D eigenvalue weighted by atomic mass is 10.2. The summed E-state index contributed by atoms with van der Waals surface area (Å²) in [6.07, 6.45) is 1.66. The Morgan fingerprint density at radius 1 is 1.30 bits per heavy atom. The van der Waals surface area contributed by atoms with Gasteiger partial charge < -0.3 is 15.2 Å². The Kier molecular flexibility index (Phi) is 8.65. The average Bonchev–Trinajstić information content (AvgIpc) is 3.18. The molecule has 1 atom stereocenters. The Bertz CT molecular complexity index is 1190. The molecule has 0 saturated heterocycles. The number of carbonyl (C=O) groups excluding carboxylic acids is 2. The number of nitrogens with one attached hydrogen (secondary N) is 2. The van der Waals surface area contributed by atoms with Crippen molar-refractivity contribution in [1.82, 2.24) is 20.1 Å². The number of rotatable bonds is 9. The highest BCUT2D eigenvalue weighted by atomic mass is 79.9. The Morgan fingerprint density at radius 3 is 2.76 bits per heavy atom. The third kappa shape index (κ3) is 6.43. The molecule has 3 rings (SSSR count). The molecule has 2 N–H and O–H groups in total. The van der Waals surface area contributed by atoms with Crippen LogP contribution < -0.4 is 10.6 Å². The first kappa shape index (κ1) is 24.9. The summed E-state index contributed by atoms with van der Waals surface area (Å²) in [5.74, 6) is -0.866. The number of benzene rings is 2. The number of allylic oxidation sites excluding steroid dienone is 1. The second kappa shape index (κ2) is 11.4. The molecule has 0 aliphatic carbocycles. The summed E-state index contributed by atoms with van der Waals surface area (Å²) in [4.78, 5) is 24.8. The quantitative estimate of drug-likeness (QED) is 0.280. The van der Waals surface area contributed by atoms with E-state index in [0.717, 1.165) is 4.47 Å². The van der Waals surface area contributed by atoms with Gasteiger partial charge in [-0.25, -0.2) is 4.39 Å². The van der Waals surface area contributed by atoms with E-state index in [4.69, 9.17) is 11.6 Å². The van der Waals surface area contributed by atoms with Crippen LogP contribution >= 0.6 is 39.3 Å². The van der Waals surface area contributed by atoms with Gasteiger partial charge in [0, 0.05) is 16.7 Å². The molecule has 33 heavy (non-hydrogen) atoms. The Balaban J connectivity index is 1.67. The third-order valence-corrected chi connectivity index (χ3v) is 6.65. The van der Waals surface area contributed by atoms with Crippen LogP contribution in [0.15, 0.2) is 64.7 Å². The predicted molar refractivity (Wildman–Crippen MR) is 131 cm³/mol. The van der Waals surface area contributed by atoms with Gasteiger partial charge in [-0.1, -0.05) is 41.6 Å². The first-order valence-corrected chi connectivity index (χ1v) is 11.9. The number of anilines is 1. The van der Waals surface area contributed by atoms with E-state index in [9.17, 15) is 14.0 Å². The van der Waals surface area contributed by atoms with Crippen molar-refractivity contribution < 1.29 is 14.0 Å². The van der Waals surface area contributed by atoms with Crippen molar-refractivity contribution in [2.45, 2.75) is 24.7 Å². The molecule has 0 aliphatic rings. The normalized spacial score (nSPS) is 11.6. The molecule has 0 fully saturated rings. The van der Waals surface area contributed by atoms with E-state index in [2.05, 4.69) is 43.3 Å². The van der Waals surface area contributed by atoms with Crippen LogP contribution in [0.4, 0.5) is 10.1 Å². The molecular weight excluding hydrogens is 533 g/mol. The van der Waals surface area contributed by atoms with E-state index in [1.807, 2.05) is 0 Å². The van der Waals surface area contributed by atoms with Gasteiger partial charge in [0.2, 0.25) is 5.91 Å². The zero-order valence-corrected chi connectivity index (χ0v) is 20.7. The summed E-state index contributed by atoms with van der Waals surface area (Å²) < 4.78 is 16.4. The largest absolute Gasteiger partial charge is 0.342 e. The van der Waals surface area contributed by atoms with Crippen molar-refractivity contribution in [3.05, 3.63) is 81.8 Å². The molecule has 0 spiro atoms. The van der Waals surface area contributed by atoms with Gasteiger partial charge in [0.05, 0.1) is 22.4 Å². The second-order valence-electron chi connectivity index (χ2n) is 6.88. The molecular formula is C22H20BrClFN5O2S. The fraction of sp³-hybridized carbons (Fsp3) is 0.182. The number of halogens is 3. The van der Waals surface area contributed by atoms with Crippen molar-refractivity contribution in [2.75, 3.05) is 11.1 Å². The van der Waals surface area contributed by atoms with E-state index >= 15 is 0 Å². The predicted octanol–water partition coefficient (Wildman–Crippen LogP) is 5.24. The summed E-state index contributed by atoms with van der Waals surface area (Å²) in [5, 5.41) is 14.8. The zero-order valence-electron chi connectivity index (χ0n) is 17.5. The summed E-state index contributed by atoms with van der Waals surface area (Å²) in [7, 11) is 0. The molecule has 1 aromatic heterocycles. The highest BCUT2D eigenvalue weighted by Crippen LogP contribution is 2.26. The first-order chi connectivity index (χ1) is 15.8. The van der Waals surface area contributed by atoms with Gasteiger partial charge in [0.25, 0.3) is 5.91 Å². The topological polar surface area (TPSA) is 88.9 Å². The molecule has 0 radical (unpaired) electrons. The molecule has 11 heteroatoms. The van der Waals surface area contributed by atoms with E-state index in [1.54, 1.807) is 41.8 Å². The summed E-state index contributed by atoms with van der Waals surface area (Å²) in [6, 6.07) is 10.3. The fourth-order valence-corrected chi connectivity index (χ4v) is 4.10. The molecule has 0 saturated carbocycles. The number of hydrogen-bond acceptors (Lipinski definition) is 5. The maximum absolute atomic E-state index is 13.9. The zero-order chi connectivity index (χ0) is 24.0. The molecule has 172 valence electrons. The van der Waals surface area contributed by atoms with Gasteiger partial charge in [-0.15, -0.1) is 16.8 Å². The van der Waals surface area contributed by atoms with E-state index in [0.29, 0.717) is 28.2 Å². The number of nitrogens with zero attached hydrogens (tertiary/aromatic N) is 3. The Morgan fingerprint density at radius 2 is 2.06 bits per heavy atom. The molecule has 0 unspecified atom stereocenters.